The number of fused-ring (bicyclic) bond motifs is 1. The molecule has 0 aliphatic rings. The van der Waals surface area contributed by atoms with Crippen LogP contribution >= 0.6 is 11.6 Å². The van der Waals surface area contributed by atoms with Crippen LogP contribution < -0.4 is 5.32 Å². The Morgan fingerprint density at radius 3 is 2.57 bits per heavy atom. The molecular weight excluding hydrogens is 290 g/mol. The zero-order chi connectivity index (χ0) is 15.7. The van der Waals surface area contributed by atoms with Crippen LogP contribution in [0, 0.1) is 6.92 Å². The molecule has 2 atom stereocenters. The molecule has 0 saturated carbocycles. The van der Waals surface area contributed by atoms with Gasteiger partial charge in [0.05, 0.1) is 11.1 Å². The predicted octanol–water partition coefficient (Wildman–Crippen LogP) is 2.56. The SMILES string of the molecule is CCNC(=O)C(C)n1c(C(C)Cl)nc2c(C)nn(CC)c21. The number of aryl methyl sites for hydroxylation is 2. The molecule has 0 aliphatic carbocycles. The van der Waals surface area contributed by atoms with E-state index in [4.69, 9.17) is 11.6 Å². The lowest BCUT2D eigenvalue weighted by Crippen LogP contribution is -2.32. The highest BCUT2D eigenvalue weighted by atomic mass is 35.5. The van der Waals surface area contributed by atoms with E-state index in [0.717, 1.165) is 16.9 Å². The molecule has 21 heavy (non-hydrogen) atoms. The van der Waals surface area contributed by atoms with E-state index < -0.39 is 0 Å². The Bertz CT molecular complexity index is 658. The Morgan fingerprint density at radius 2 is 2.05 bits per heavy atom. The Balaban J connectivity index is 2.68. The van der Waals surface area contributed by atoms with Gasteiger partial charge in [-0.15, -0.1) is 11.6 Å². The van der Waals surface area contributed by atoms with Crippen molar-refractivity contribution in [1.29, 1.82) is 0 Å². The number of amides is 1. The van der Waals surface area contributed by atoms with Crippen molar-refractivity contribution in [2.45, 2.75) is 52.6 Å². The quantitative estimate of drug-likeness (QED) is 0.863. The third-order valence-corrected chi connectivity index (χ3v) is 3.74. The summed E-state index contributed by atoms with van der Waals surface area (Å²) in [5.41, 5.74) is 2.53. The highest BCUT2D eigenvalue weighted by Gasteiger charge is 2.26. The van der Waals surface area contributed by atoms with E-state index in [1.165, 1.54) is 0 Å². The number of hydrogen-bond donors (Lipinski definition) is 1. The molecule has 1 N–H and O–H groups in total. The fraction of sp³-hybridized carbons (Fsp3) is 0.643. The highest BCUT2D eigenvalue weighted by Crippen LogP contribution is 2.29. The third kappa shape index (κ3) is 2.64. The monoisotopic (exact) mass is 311 g/mol. The first-order valence-electron chi connectivity index (χ1n) is 7.29. The third-order valence-electron chi connectivity index (χ3n) is 3.54. The lowest BCUT2D eigenvalue weighted by atomic mass is 10.3. The Labute approximate surface area is 129 Å². The molecule has 6 nitrogen and oxygen atoms in total. The summed E-state index contributed by atoms with van der Waals surface area (Å²) in [6.07, 6.45) is 0. The van der Waals surface area contributed by atoms with Crippen molar-refractivity contribution in [3.63, 3.8) is 0 Å². The van der Waals surface area contributed by atoms with Gasteiger partial charge in [0.2, 0.25) is 5.91 Å². The van der Waals surface area contributed by atoms with E-state index in [2.05, 4.69) is 15.4 Å². The van der Waals surface area contributed by atoms with Crippen LogP contribution in [0.5, 0.6) is 0 Å². The van der Waals surface area contributed by atoms with Crippen LogP contribution in [0.25, 0.3) is 11.2 Å². The minimum Gasteiger partial charge on any atom is -0.355 e. The lowest BCUT2D eigenvalue weighted by molar-refractivity contribution is -0.123. The average Bonchev–Trinajstić information content (AvgIpc) is 2.96. The average molecular weight is 312 g/mol. The number of halogens is 1. The van der Waals surface area contributed by atoms with Gasteiger partial charge in [0, 0.05) is 13.1 Å². The van der Waals surface area contributed by atoms with E-state index in [-0.39, 0.29) is 17.3 Å². The number of imidazole rings is 1. The van der Waals surface area contributed by atoms with Crippen LogP contribution in [0.1, 0.15) is 50.6 Å². The molecule has 7 heteroatoms. The summed E-state index contributed by atoms with van der Waals surface area (Å²) < 4.78 is 3.78. The molecule has 0 spiro atoms. The van der Waals surface area contributed by atoms with E-state index in [1.807, 2.05) is 43.9 Å². The Kier molecular flexibility index (Phi) is 4.56. The molecule has 2 aromatic heterocycles. The summed E-state index contributed by atoms with van der Waals surface area (Å²) in [5, 5.41) is 7.05. The van der Waals surface area contributed by atoms with Crippen LogP contribution in [0.15, 0.2) is 0 Å². The van der Waals surface area contributed by atoms with Gasteiger partial charge in [0.1, 0.15) is 17.4 Å². The number of carbonyl (C=O) groups is 1. The molecule has 2 unspecified atom stereocenters. The van der Waals surface area contributed by atoms with Gasteiger partial charge in [-0.25, -0.2) is 9.67 Å². The number of nitrogens with zero attached hydrogens (tertiary/aromatic N) is 4. The smallest absolute Gasteiger partial charge is 0.242 e. The highest BCUT2D eigenvalue weighted by molar-refractivity contribution is 6.20. The largest absolute Gasteiger partial charge is 0.355 e. The number of carbonyl (C=O) groups excluding carboxylic acids is 1. The number of hydrogen-bond acceptors (Lipinski definition) is 3. The zero-order valence-corrected chi connectivity index (χ0v) is 13.9. The minimum absolute atomic E-state index is 0.0446. The van der Waals surface area contributed by atoms with Crippen molar-refractivity contribution in [3.8, 4) is 0 Å². The van der Waals surface area contributed by atoms with Crippen LogP contribution in [0.2, 0.25) is 0 Å². The van der Waals surface area contributed by atoms with Gasteiger partial charge in [0.15, 0.2) is 5.65 Å². The van der Waals surface area contributed by atoms with Gasteiger partial charge >= 0.3 is 0 Å². The molecule has 0 fully saturated rings. The molecule has 2 heterocycles. The number of rotatable bonds is 5. The van der Waals surface area contributed by atoms with E-state index in [9.17, 15) is 4.79 Å². The molecule has 2 aromatic rings. The van der Waals surface area contributed by atoms with Crippen molar-refractivity contribution in [1.82, 2.24) is 24.6 Å². The lowest BCUT2D eigenvalue weighted by Gasteiger charge is -2.18. The maximum Gasteiger partial charge on any atom is 0.242 e. The van der Waals surface area contributed by atoms with Crippen LogP contribution in [-0.4, -0.2) is 31.8 Å². The van der Waals surface area contributed by atoms with Crippen molar-refractivity contribution in [2.24, 2.45) is 0 Å². The standard InChI is InChI=1S/C14H22ClN5O/c1-6-16-13(21)10(5)20-12(8(3)15)17-11-9(4)18-19(7-2)14(11)20/h8,10H,6-7H2,1-5H3,(H,16,21). The number of nitrogens with one attached hydrogen (secondary N) is 1. The van der Waals surface area contributed by atoms with Gasteiger partial charge in [0.25, 0.3) is 0 Å². The van der Waals surface area contributed by atoms with E-state index in [1.54, 1.807) is 0 Å². The van der Waals surface area contributed by atoms with Crippen molar-refractivity contribution in [2.75, 3.05) is 6.54 Å². The summed E-state index contributed by atoms with van der Waals surface area (Å²) in [4.78, 5) is 16.8. The molecule has 2 rings (SSSR count). The van der Waals surface area contributed by atoms with Gasteiger partial charge in [-0.05, 0) is 34.6 Å². The molecule has 0 aromatic carbocycles. The summed E-state index contributed by atoms with van der Waals surface area (Å²) in [6.45, 7) is 10.9. The zero-order valence-electron chi connectivity index (χ0n) is 13.1. The maximum absolute atomic E-state index is 12.2. The first-order chi connectivity index (χ1) is 9.92. The van der Waals surface area contributed by atoms with Gasteiger partial charge in [-0.2, -0.15) is 5.10 Å². The predicted molar refractivity (Wildman–Crippen MR) is 83.6 cm³/mol. The number of alkyl halides is 1. The Morgan fingerprint density at radius 1 is 1.38 bits per heavy atom. The van der Waals surface area contributed by atoms with Crippen LogP contribution in [0.4, 0.5) is 0 Å². The molecule has 1 amide bonds. The van der Waals surface area contributed by atoms with Crippen molar-refractivity contribution in [3.05, 3.63) is 11.5 Å². The van der Waals surface area contributed by atoms with Gasteiger partial charge < -0.3 is 5.32 Å². The molecule has 0 radical (unpaired) electrons. The van der Waals surface area contributed by atoms with Crippen LogP contribution in [-0.2, 0) is 11.3 Å². The second kappa shape index (κ2) is 6.05. The van der Waals surface area contributed by atoms with Crippen molar-refractivity contribution >= 4 is 28.7 Å². The summed E-state index contributed by atoms with van der Waals surface area (Å²) in [7, 11) is 0. The first kappa shape index (κ1) is 15.8. The second-order valence-electron chi connectivity index (χ2n) is 5.10. The number of likely N-dealkylation sites (N-methyl/N-ethyl adjacent to an activating group) is 1. The Hall–Kier alpha value is -1.56. The fourth-order valence-electron chi connectivity index (χ4n) is 2.53. The normalized spacial score (nSPS) is 14.4. The second-order valence-corrected chi connectivity index (χ2v) is 5.75. The molecule has 116 valence electrons. The maximum atomic E-state index is 12.2. The molecular formula is C14H22ClN5O. The first-order valence-corrected chi connectivity index (χ1v) is 7.72. The summed E-state index contributed by atoms with van der Waals surface area (Å²) >= 11 is 6.27. The molecule has 0 bridgehead atoms. The topological polar surface area (TPSA) is 64.7 Å². The van der Waals surface area contributed by atoms with E-state index >= 15 is 0 Å². The van der Waals surface area contributed by atoms with E-state index in [0.29, 0.717) is 18.9 Å². The van der Waals surface area contributed by atoms with Gasteiger partial charge in [-0.3, -0.25) is 9.36 Å². The minimum atomic E-state index is -0.382. The summed E-state index contributed by atoms with van der Waals surface area (Å²) in [5.74, 6) is 0.657. The fourth-order valence-corrected chi connectivity index (χ4v) is 2.68. The number of aromatic nitrogens is 4. The van der Waals surface area contributed by atoms with Crippen molar-refractivity contribution < 1.29 is 4.79 Å². The summed E-state index contributed by atoms with van der Waals surface area (Å²) in [6, 6.07) is -0.382. The van der Waals surface area contributed by atoms with Crippen LogP contribution in [0.3, 0.4) is 0 Å². The molecule has 0 saturated heterocycles. The van der Waals surface area contributed by atoms with Gasteiger partial charge in [-0.1, -0.05) is 0 Å². The molecule has 0 aliphatic heterocycles.